The number of rotatable bonds is 4. The van der Waals surface area contributed by atoms with Crippen LogP contribution in [0.5, 0.6) is 5.75 Å². The van der Waals surface area contributed by atoms with Crippen LogP contribution in [0.15, 0.2) is 36.4 Å². The maximum Gasteiger partial charge on any atom is 0.169 e. The molecule has 0 amide bonds. The van der Waals surface area contributed by atoms with Gasteiger partial charge in [0, 0.05) is 28.4 Å². The van der Waals surface area contributed by atoms with Crippen molar-refractivity contribution in [3.63, 3.8) is 0 Å². The normalized spacial score (nSPS) is 14.6. The summed E-state index contributed by atoms with van der Waals surface area (Å²) in [7, 11) is 0. The summed E-state index contributed by atoms with van der Waals surface area (Å²) < 4.78 is 5.61. The van der Waals surface area contributed by atoms with Crippen molar-refractivity contribution in [2.75, 3.05) is 18.5 Å². The largest absolute Gasteiger partial charge is 0.488 e. The van der Waals surface area contributed by atoms with Crippen molar-refractivity contribution in [2.24, 2.45) is 0 Å². The van der Waals surface area contributed by atoms with E-state index in [4.69, 9.17) is 19.7 Å². The van der Waals surface area contributed by atoms with Gasteiger partial charge in [0.1, 0.15) is 6.61 Å². The third-order valence-corrected chi connectivity index (χ3v) is 4.78. The molecule has 5 nitrogen and oxygen atoms in total. The zero-order valence-corrected chi connectivity index (χ0v) is 15.5. The summed E-state index contributed by atoms with van der Waals surface area (Å²) in [5.74, 6) is 2.34. The monoisotopic (exact) mass is 348 g/mol. The molecule has 3 aromatic rings. The highest BCUT2D eigenvalue weighted by atomic mass is 16.5. The van der Waals surface area contributed by atoms with Gasteiger partial charge in [-0.15, -0.1) is 0 Å². The van der Waals surface area contributed by atoms with Crippen LogP contribution in [0, 0.1) is 0 Å². The van der Waals surface area contributed by atoms with Crippen molar-refractivity contribution < 1.29 is 4.74 Å². The van der Waals surface area contributed by atoms with Gasteiger partial charge >= 0.3 is 0 Å². The number of hydrogen-bond acceptors (Lipinski definition) is 5. The lowest BCUT2D eigenvalue weighted by atomic mass is 10.00. The Bertz CT molecular complexity index is 938. The first-order valence-electron chi connectivity index (χ1n) is 9.24. The Morgan fingerprint density at radius 2 is 1.77 bits per heavy atom. The van der Waals surface area contributed by atoms with Gasteiger partial charge in [-0.3, -0.25) is 0 Å². The Kier molecular flexibility index (Phi) is 4.45. The van der Waals surface area contributed by atoms with E-state index in [1.807, 2.05) is 12.1 Å². The van der Waals surface area contributed by atoms with Gasteiger partial charge in [-0.05, 0) is 48.7 Å². The Morgan fingerprint density at radius 1 is 0.962 bits per heavy atom. The van der Waals surface area contributed by atoms with Gasteiger partial charge in [-0.2, -0.15) is 0 Å². The molecule has 4 rings (SSSR count). The van der Waals surface area contributed by atoms with Crippen LogP contribution in [0.25, 0.3) is 11.0 Å². The number of pyridine rings is 3. The van der Waals surface area contributed by atoms with Crippen molar-refractivity contribution in [3.05, 3.63) is 53.5 Å². The standard InChI is InChI=1S/C21H24N4O/c1-13(2)17-7-5-15-4-6-16(23-20(15)24-17)12-14(3)18-8-9-19-21(25-18)22-10-11-26-19/h4-9,13-14H,10-12H2,1-3H3,(H,22,25)/t14-/m0/s1. The van der Waals surface area contributed by atoms with E-state index in [-0.39, 0.29) is 5.92 Å². The summed E-state index contributed by atoms with van der Waals surface area (Å²) in [6.07, 6.45) is 0.830. The van der Waals surface area contributed by atoms with Crippen molar-refractivity contribution >= 4 is 16.9 Å². The molecule has 0 unspecified atom stereocenters. The van der Waals surface area contributed by atoms with Gasteiger partial charge in [0.15, 0.2) is 17.2 Å². The van der Waals surface area contributed by atoms with E-state index in [2.05, 4.69) is 50.4 Å². The Morgan fingerprint density at radius 3 is 2.62 bits per heavy atom. The predicted molar refractivity (Wildman–Crippen MR) is 104 cm³/mol. The first kappa shape index (κ1) is 16.8. The lowest BCUT2D eigenvalue weighted by Gasteiger charge is -2.20. The molecule has 0 aromatic carbocycles. The van der Waals surface area contributed by atoms with Gasteiger partial charge in [0.05, 0.1) is 6.54 Å². The quantitative estimate of drug-likeness (QED) is 0.762. The Hall–Kier alpha value is -2.69. The van der Waals surface area contributed by atoms with E-state index in [1.165, 1.54) is 0 Å². The molecule has 1 N–H and O–H groups in total. The first-order valence-corrected chi connectivity index (χ1v) is 9.24. The fourth-order valence-corrected chi connectivity index (χ4v) is 3.22. The van der Waals surface area contributed by atoms with Crippen LogP contribution in [0.1, 0.15) is 49.7 Å². The SMILES string of the molecule is CC(C)c1ccc2ccc(C[C@H](C)c3ccc4c(n3)NCCO4)nc2n1. The average molecular weight is 348 g/mol. The molecule has 0 saturated heterocycles. The zero-order chi connectivity index (χ0) is 18.1. The highest BCUT2D eigenvalue weighted by Crippen LogP contribution is 2.28. The first-order chi connectivity index (χ1) is 12.6. The molecule has 0 aliphatic carbocycles. The third-order valence-electron chi connectivity index (χ3n) is 4.78. The van der Waals surface area contributed by atoms with Crippen LogP contribution < -0.4 is 10.1 Å². The van der Waals surface area contributed by atoms with E-state index >= 15 is 0 Å². The van der Waals surface area contributed by atoms with Crippen LogP contribution in [-0.4, -0.2) is 28.1 Å². The number of nitrogens with zero attached hydrogens (tertiary/aromatic N) is 3. The van der Waals surface area contributed by atoms with E-state index in [0.29, 0.717) is 12.5 Å². The molecule has 1 atom stereocenters. The number of fused-ring (bicyclic) bond motifs is 2. The molecular formula is C21H24N4O. The number of ether oxygens (including phenoxy) is 1. The molecular weight excluding hydrogens is 324 g/mol. The number of hydrogen-bond donors (Lipinski definition) is 1. The second-order valence-corrected chi connectivity index (χ2v) is 7.20. The fraction of sp³-hybridized carbons (Fsp3) is 0.381. The minimum absolute atomic E-state index is 0.266. The zero-order valence-electron chi connectivity index (χ0n) is 15.5. The van der Waals surface area contributed by atoms with E-state index < -0.39 is 0 Å². The van der Waals surface area contributed by atoms with Crippen LogP contribution in [-0.2, 0) is 6.42 Å². The number of aromatic nitrogens is 3. The highest BCUT2D eigenvalue weighted by molar-refractivity contribution is 5.74. The summed E-state index contributed by atoms with van der Waals surface area (Å²) >= 11 is 0. The van der Waals surface area contributed by atoms with Crippen LogP contribution in [0.4, 0.5) is 5.82 Å². The van der Waals surface area contributed by atoms with Crippen LogP contribution in [0.2, 0.25) is 0 Å². The summed E-state index contributed by atoms with van der Waals surface area (Å²) in [5.41, 5.74) is 4.00. The molecule has 26 heavy (non-hydrogen) atoms. The molecule has 1 aliphatic rings. The third kappa shape index (κ3) is 3.34. The minimum atomic E-state index is 0.266. The summed E-state index contributed by atoms with van der Waals surface area (Å²) in [5, 5.41) is 4.38. The predicted octanol–water partition coefficient (Wildman–Crippen LogP) is 4.30. The lowest BCUT2D eigenvalue weighted by molar-refractivity contribution is 0.321. The second kappa shape index (κ2) is 6.90. The number of anilines is 1. The van der Waals surface area contributed by atoms with Gasteiger partial charge in [-0.1, -0.05) is 20.8 Å². The molecule has 5 heteroatoms. The molecule has 0 spiro atoms. The maximum atomic E-state index is 5.61. The molecule has 134 valence electrons. The number of nitrogens with one attached hydrogen (secondary N) is 1. The summed E-state index contributed by atoms with van der Waals surface area (Å²) in [6, 6.07) is 12.4. The second-order valence-electron chi connectivity index (χ2n) is 7.20. The molecule has 1 aliphatic heterocycles. The van der Waals surface area contributed by atoms with Gasteiger partial charge in [-0.25, -0.2) is 15.0 Å². The van der Waals surface area contributed by atoms with Crippen molar-refractivity contribution in [3.8, 4) is 5.75 Å². The van der Waals surface area contributed by atoms with Gasteiger partial charge in [0.2, 0.25) is 0 Å². The maximum absolute atomic E-state index is 5.61. The molecule has 3 aromatic heterocycles. The molecule has 0 saturated carbocycles. The Labute approximate surface area is 153 Å². The molecule has 0 fully saturated rings. The summed E-state index contributed by atoms with van der Waals surface area (Å²) in [6.45, 7) is 7.98. The van der Waals surface area contributed by atoms with E-state index in [0.717, 1.165) is 52.6 Å². The molecule has 0 bridgehead atoms. The van der Waals surface area contributed by atoms with Crippen molar-refractivity contribution in [1.82, 2.24) is 15.0 Å². The topological polar surface area (TPSA) is 59.9 Å². The smallest absolute Gasteiger partial charge is 0.169 e. The van der Waals surface area contributed by atoms with E-state index in [9.17, 15) is 0 Å². The summed E-state index contributed by atoms with van der Waals surface area (Å²) in [4.78, 5) is 14.2. The van der Waals surface area contributed by atoms with Crippen molar-refractivity contribution in [1.29, 1.82) is 0 Å². The lowest BCUT2D eigenvalue weighted by Crippen LogP contribution is -2.19. The van der Waals surface area contributed by atoms with Crippen LogP contribution in [0.3, 0.4) is 0 Å². The van der Waals surface area contributed by atoms with Gasteiger partial charge in [0.25, 0.3) is 0 Å². The fourth-order valence-electron chi connectivity index (χ4n) is 3.22. The average Bonchev–Trinajstić information content (AvgIpc) is 2.67. The van der Waals surface area contributed by atoms with Crippen LogP contribution >= 0.6 is 0 Å². The van der Waals surface area contributed by atoms with E-state index in [1.54, 1.807) is 0 Å². The minimum Gasteiger partial charge on any atom is -0.488 e. The Balaban J connectivity index is 1.58. The van der Waals surface area contributed by atoms with Crippen molar-refractivity contribution in [2.45, 2.75) is 39.0 Å². The molecule has 0 radical (unpaired) electrons. The van der Waals surface area contributed by atoms with Gasteiger partial charge < -0.3 is 10.1 Å². The molecule has 4 heterocycles. The highest BCUT2D eigenvalue weighted by Gasteiger charge is 2.16.